The highest BCUT2D eigenvalue weighted by atomic mass is 35.5. The van der Waals surface area contributed by atoms with E-state index in [1.807, 2.05) is 18.2 Å². The molecule has 0 spiro atoms. The van der Waals surface area contributed by atoms with Crippen LogP contribution in [-0.2, 0) is 6.42 Å². The molecule has 3 N–H and O–H groups in total. The van der Waals surface area contributed by atoms with Gasteiger partial charge in [0, 0.05) is 26.5 Å². The van der Waals surface area contributed by atoms with Crippen molar-refractivity contribution in [1.29, 1.82) is 0 Å². The number of H-pyrrole nitrogens is 1. The Morgan fingerprint density at radius 3 is 2.70 bits per heavy atom. The van der Waals surface area contributed by atoms with E-state index in [0.29, 0.717) is 16.6 Å². The molecule has 0 aliphatic heterocycles. The number of hydrogen-bond donors (Lipinski definition) is 2. The lowest BCUT2D eigenvalue weighted by Crippen LogP contribution is -1.99. The van der Waals surface area contributed by atoms with Gasteiger partial charge in [-0.15, -0.1) is 0 Å². The molecule has 120 valence electrons. The van der Waals surface area contributed by atoms with Gasteiger partial charge in [0.1, 0.15) is 0 Å². The number of benzene rings is 2. The summed E-state index contributed by atoms with van der Waals surface area (Å²) in [5.74, 6) is 0. The van der Waals surface area contributed by atoms with Crippen LogP contribution in [0.3, 0.4) is 0 Å². The Morgan fingerprint density at radius 1 is 1.09 bits per heavy atom. The summed E-state index contributed by atoms with van der Waals surface area (Å²) < 4.78 is 0. The van der Waals surface area contributed by atoms with Crippen molar-refractivity contribution in [2.24, 2.45) is 5.73 Å². The zero-order valence-corrected chi connectivity index (χ0v) is 14.6. The monoisotopic (exact) mass is 346 g/mol. The van der Waals surface area contributed by atoms with Gasteiger partial charge in [0.2, 0.25) is 0 Å². The van der Waals surface area contributed by atoms with E-state index in [0.717, 1.165) is 30.5 Å². The molecule has 1 aromatic heterocycles. The fourth-order valence-electron chi connectivity index (χ4n) is 3.05. The summed E-state index contributed by atoms with van der Waals surface area (Å²) in [7, 11) is 0. The number of nitrogens with two attached hydrogens (primary N) is 1. The number of rotatable bonds is 5. The molecular weight excluding hydrogens is 327 g/mol. The Bertz CT molecular complexity index is 837. The minimum atomic E-state index is 0.688. The molecule has 0 saturated carbocycles. The molecule has 3 aromatic rings. The molecule has 0 aliphatic carbocycles. The van der Waals surface area contributed by atoms with Crippen LogP contribution in [0.25, 0.3) is 22.2 Å². The summed E-state index contributed by atoms with van der Waals surface area (Å²) >= 11 is 12.6. The number of nitrogens with one attached hydrogen (secondary N) is 1. The molecule has 1 heterocycles. The Hall–Kier alpha value is -1.48. The van der Waals surface area contributed by atoms with E-state index in [1.54, 1.807) is 0 Å². The molecule has 2 aromatic carbocycles. The molecule has 23 heavy (non-hydrogen) atoms. The number of fused-ring (bicyclic) bond motifs is 1. The molecule has 0 radical (unpaired) electrons. The third-order valence-corrected chi connectivity index (χ3v) is 4.79. The van der Waals surface area contributed by atoms with E-state index in [-0.39, 0.29) is 0 Å². The second kappa shape index (κ2) is 6.96. The van der Waals surface area contributed by atoms with E-state index in [4.69, 9.17) is 28.9 Å². The van der Waals surface area contributed by atoms with Crippen LogP contribution in [0, 0.1) is 6.92 Å². The molecule has 0 atom stereocenters. The summed E-state index contributed by atoms with van der Waals surface area (Å²) in [6.45, 7) is 2.83. The van der Waals surface area contributed by atoms with Crippen LogP contribution in [0.15, 0.2) is 36.4 Å². The van der Waals surface area contributed by atoms with Gasteiger partial charge in [-0.3, -0.25) is 0 Å². The van der Waals surface area contributed by atoms with Gasteiger partial charge in [0.15, 0.2) is 0 Å². The Balaban J connectivity index is 2.20. The van der Waals surface area contributed by atoms with Gasteiger partial charge in [0.05, 0.1) is 5.69 Å². The largest absolute Gasteiger partial charge is 0.354 e. The topological polar surface area (TPSA) is 41.8 Å². The van der Waals surface area contributed by atoms with E-state index < -0.39 is 0 Å². The van der Waals surface area contributed by atoms with Gasteiger partial charge in [-0.2, -0.15) is 0 Å². The van der Waals surface area contributed by atoms with E-state index in [1.165, 1.54) is 22.0 Å². The maximum Gasteiger partial charge on any atom is 0.0513 e. The first-order valence-electron chi connectivity index (χ1n) is 7.87. The average molecular weight is 347 g/mol. The Kier molecular flexibility index (Phi) is 4.96. The van der Waals surface area contributed by atoms with Gasteiger partial charge >= 0.3 is 0 Å². The van der Waals surface area contributed by atoms with Crippen molar-refractivity contribution in [3.05, 3.63) is 57.6 Å². The molecule has 0 aliphatic rings. The lowest BCUT2D eigenvalue weighted by molar-refractivity contribution is 0.748. The molecule has 4 heteroatoms. The summed E-state index contributed by atoms with van der Waals surface area (Å²) in [6.07, 6.45) is 3.04. The fourth-order valence-corrected chi connectivity index (χ4v) is 3.43. The molecule has 0 amide bonds. The van der Waals surface area contributed by atoms with Crippen LogP contribution >= 0.6 is 23.2 Å². The molecular formula is C19H20Cl2N2. The highest BCUT2D eigenvalue weighted by Gasteiger charge is 2.16. The Labute approximate surface area is 146 Å². The second-order valence-corrected chi connectivity index (χ2v) is 6.69. The zero-order valence-electron chi connectivity index (χ0n) is 13.1. The first-order chi connectivity index (χ1) is 11.1. The fraction of sp³-hybridized carbons (Fsp3) is 0.263. The lowest BCUT2D eigenvalue weighted by atomic mass is 9.99. The van der Waals surface area contributed by atoms with Crippen LogP contribution in [0.1, 0.15) is 24.0 Å². The zero-order chi connectivity index (χ0) is 16.4. The van der Waals surface area contributed by atoms with Gasteiger partial charge in [-0.1, -0.05) is 41.4 Å². The maximum atomic E-state index is 6.43. The summed E-state index contributed by atoms with van der Waals surface area (Å²) in [4.78, 5) is 3.57. The van der Waals surface area contributed by atoms with Gasteiger partial charge in [0.25, 0.3) is 0 Å². The number of aromatic amines is 1. The third-order valence-electron chi connectivity index (χ3n) is 4.23. The van der Waals surface area contributed by atoms with E-state index in [2.05, 4.69) is 30.1 Å². The van der Waals surface area contributed by atoms with E-state index in [9.17, 15) is 0 Å². The van der Waals surface area contributed by atoms with Gasteiger partial charge in [-0.05, 0) is 62.1 Å². The quantitative estimate of drug-likeness (QED) is 0.569. The average Bonchev–Trinajstić information content (AvgIpc) is 2.90. The normalized spacial score (nSPS) is 11.3. The van der Waals surface area contributed by atoms with Crippen LogP contribution in [0.5, 0.6) is 0 Å². The van der Waals surface area contributed by atoms with Crippen molar-refractivity contribution in [2.75, 3.05) is 6.54 Å². The predicted octanol–water partition coefficient (Wildman–Crippen LogP) is 5.73. The van der Waals surface area contributed by atoms with Gasteiger partial charge in [-0.25, -0.2) is 0 Å². The number of aryl methyl sites for hydroxylation is 2. The smallest absolute Gasteiger partial charge is 0.0513 e. The number of para-hydroxylation sites is 1. The van der Waals surface area contributed by atoms with Crippen molar-refractivity contribution in [3.8, 4) is 11.3 Å². The van der Waals surface area contributed by atoms with Crippen molar-refractivity contribution >= 4 is 34.1 Å². The van der Waals surface area contributed by atoms with Gasteiger partial charge < -0.3 is 10.7 Å². The molecule has 0 fully saturated rings. The SMILES string of the molecule is Cc1cccc2c(CCCCN)c(-c3cc(Cl)ccc3Cl)[nH]c12. The minimum Gasteiger partial charge on any atom is -0.354 e. The standard InChI is InChI=1S/C19H20Cl2N2/c1-12-5-4-7-14-15(6-2-3-10-22)19(23-18(12)14)16-11-13(20)8-9-17(16)21/h4-5,7-9,11,23H,2-3,6,10,22H2,1H3. The van der Waals surface area contributed by atoms with E-state index >= 15 is 0 Å². The summed E-state index contributed by atoms with van der Waals surface area (Å²) in [6, 6.07) is 12.0. The highest BCUT2D eigenvalue weighted by molar-refractivity contribution is 6.35. The first-order valence-corrected chi connectivity index (χ1v) is 8.63. The lowest BCUT2D eigenvalue weighted by Gasteiger charge is -2.07. The van der Waals surface area contributed by atoms with Crippen LogP contribution in [0.4, 0.5) is 0 Å². The number of aromatic nitrogens is 1. The highest BCUT2D eigenvalue weighted by Crippen LogP contribution is 2.37. The molecule has 3 rings (SSSR count). The summed E-state index contributed by atoms with van der Waals surface area (Å²) in [5, 5.41) is 2.65. The third kappa shape index (κ3) is 3.25. The molecule has 0 bridgehead atoms. The number of unbranched alkanes of at least 4 members (excludes halogenated alkanes) is 1. The number of halogens is 2. The minimum absolute atomic E-state index is 0.688. The molecule has 0 saturated heterocycles. The van der Waals surface area contributed by atoms with Crippen molar-refractivity contribution in [3.63, 3.8) is 0 Å². The predicted molar refractivity (Wildman–Crippen MR) is 100 cm³/mol. The summed E-state index contributed by atoms with van der Waals surface area (Å²) in [5.41, 5.74) is 11.4. The first kappa shape index (κ1) is 16.4. The maximum absolute atomic E-state index is 6.43. The Morgan fingerprint density at radius 2 is 1.91 bits per heavy atom. The number of hydrogen-bond acceptors (Lipinski definition) is 1. The van der Waals surface area contributed by atoms with Crippen molar-refractivity contribution < 1.29 is 0 Å². The van der Waals surface area contributed by atoms with Crippen molar-refractivity contribution in [2.45, 2.75) is 26.2 Å². The van der Waals surface area contributed by atoms with Crippen LogP contribution in [0.2, 0.25) is 10.0 Å². The van der Waals surface area contributed by atoms with Crippen molar-refractivity contribution in [1.82, 2.24) is 4.98 Å². The molecule has 2 nitrogen and oxygen atoms in total. The second-order valence-electron chi connectivity index (χ2n) is 5.85. The van der Waals surface area contributed by atoms with Crippen LogP contribution in [-0.4, -0.2) is 11.5 Å². The van der Waals surface area contributed by atoms with Crippen LogP contribution < -0.4 is 5.73 Å². The molecule has 0 unspecified atom stereocenters.